The van der Waals surface area contributed by atoms with E-state index in [2.05, 4.69) is 4.98 Å². The van der Waals surface area contributed by atoms with E-state index in [-0.39, 0.29) is 48.3 Å². The van der Waals surface area contributed by atoms with Gasteiger partial charge in [0.2, 0.25) is 10.0 Å². The van der Waals surface area contributed by atoms with Gasteiger partial charge in [0.15, 0.2) is 17.2 Å². The van der Waals surface area contributed by atoms with Gasteiger partial charge in [0.25, 0.3) is 5.91 Å². The van der Waals surface area contributed by atoms with Crippen LogP contribution in [0.25, 0.3) is 11.0 Å². The predicted octanol–water partition coefficient (Wildman–Crippen LogP) is 2.42. The van der Waals surface area contributed by atoms with Crippen molar-refractivity contribution in [3.8, 4) is 0 Å². The Balaban J connectivity index is 1.52. The topological polar surface area (TPSA) is 83.7 Å². The molecule has 146 valence electrons. The van der Waals surface area contributed by atoms with E-state index in [1.165, 1.54) is 33.7 Å². The van der Waals surface area contributed by atoms with E-state index in [1.807, 2.05) is 0 Å². The molecule has 7 nitrogen and oxygen atoms in total. The number of rotatable bonds is 3. The van der Waals surface area contributed by atoms with Crippen LogP contribution in [-0.4, -0.2) is 54.7 Å². The predicted molar refractivity (Wildman–Crippen MR) is 99.8 cm³/mol. The number of benzene rings is 1. The fraction of sp³-hybridized carbons (Fsp3) is 0.263. The molecule has 1 amide bonds. The van der Waals surface area contributed by atoms with Crippen molar-refractivity contribution >= 4 is 26.9 Å². The van der Waals surface area contributed by atoms with E-state index < -0.39 is 15.8 Å². The third kappa shape index (κ3) is 3.06. The van der Waals surface area contributed by atoms with Gasteiger partial charge in [-0.15, -0.1) is 0 Å². The van der Waals surface area contributed by atoms with Gasteiger partial charge in [-0.25, -0.2) is 12.8 Å². The highest BCUT2D eigenvalue weighted by Gasteiger charge is 2.32. The number of carbonyl (C=O) groups is 1. The number of aryl methyl sites for hydroxylation is 1. The maximum Gasteiger partial charge on any atom is 0.289 e. The summed E-state index contributed by atoms with van der Waals surface area (Å²) >= 11 is 0. The summed E-state index contributed by atoms with van der Waals surface area (Å²) in [4.78, 5) is 18.4. The number of carbonyl (C=O) groups excluding carboxylic acids is 1. The van der Waals surface area contributed by atoms with Crippen LogP contribution in [0.1, 0.15) is 16.1 Å². The lowest BCUT2D eigenvalue weighted by atomic mass is 10.1. The first kappa shape index (κ1) is 18.6. The number of hydrogen-bond acceptors (Lipinski definition) is 5. The molecule has 1 aliphatic rings. The van der Waals surface area contributed by atoms with E-state index >= 15 is 0 Å². The first-order chi connectivity index (χ1) is 13.4. The Kier molecular flexibility index (Phi) is 4.64. The molecule has 1 saturated heterocycles. The SMILES string of the molecule is Cc1c(C(=O)N2CCN(S(=O)(=O)c3cccnc3)CC2)oc2c(F)cccc12. The summed E-state index contributed by atoms with van der Waals surface area (Å²) in [5, 5.41) is 0.557. The Morgan fingerprint density at radius 3 is 2.54 bits per heavy atom. The summed E-state index contributed by atoms with van der Waals surface area (Å²) in [6.45, 7) is 2.48. The zero-order chi connectivity index (χ0) is 19.9. The average Bonchev–Trinajstić information content (AvgIpc) is 3.06. The van der Waals surface area contributed by atoms with Gasteiger partial charge >= 0.3 is 0 Å². The molecular weight excluding hydrogens is 385 g/mol. The summed E-state index contributed by atoms with van der Waals surface area (Å²) in [6, 6.07) is 7.60. The van der Waals surface area contributed by atoms with Crippen LogP contribution in [0.15, 0.2) is 52.0 Å². The molecule has 9 heteroatoms. The number of amides is 1. The molecular formula is C19H18FN3O4S. The number of aromatic nitrogens is 1. The number of para-hydroxylation sites is 1. The minimum absolute atomic E-state index is 0.0566. The zero-order valence-corrected chi connectivity index (χ0v) is 15.9. The van der Waals surface area contributed by atoms with Gasteiger partial charge < -0.3 is 9.32 Å². The first-order valence-corrected chi connectivity index (χ1v) is 10.2. The maximum absolute atomic E-state index is 13.9. The summed E-state index contributed by atoms with van der Waals surface area (Å²) in [5.41, 5.74) is 0.631. The third-order valence-electron chi connectivity index (χ3n) is 4.91. The number of sulfonamides is 1. The fourth-order valence-corrected chi connectivity index (χ4v) is 4.72. The molecule has 1 fully saturated rings. The molecule has 0 unspecified atom stereocenters. The van der Waals surface area contributed by atoms with Gasteiger partial charge in [-0.1, -0.05) is 12.1 Å². The number of fused-ring (bicyclic) bond motifs is 1. The lowest BCUT2D eigenvalue weighted by molar-refractivity contribution is 0.0667. The van der Waals surface area contributed by atoms with Crippen molar-refractivity contribution < 1.29 is 22.0 Å². The fourth-order valence-electron chi connectivity index (χ4n) is 3.34. The van der Waals surface area contributed by atoms with Crippen molar-refractivity contribution in [1.82, 2.24) is 14.2 Å². The Labute approximate surface area is 161 Å². The Morgan fingerprint density at radius 1 is 1.14 bits per heavy atom. The monoisotopic (exact) mass is 403 g/mol. The molecule has 4 rings (SSSR count). The van der Waals surface area contributed by atoms with Crippen molar-refractivity contribution in [2.45, 2.75) is 11.8 Å². The molecule has 0 radical (unpaired) electrons. The summed E-state index contributed by atoms with van der Waals surface area (Å²) in [7, 11) is -3.65. The average molecular weight is 403 g/mol. The lowest BCUT2D eigenvalue weighted by Crippen LogP contribution is -2.50. The van der Waals surface area contributed by atoms with E-state index in [4.69, 9.17) is 4.42 Å². The molecule has 28 heavy (non-hydrogen) atoms. The molecule has 0 atom stereocenters. The first-order valence-electron chi connectivity index (χ1n) is 8.76. The number of pyridine rings is 1. The highest BCUT2D eigenvalue weighted by molar-refractivity contribution is 7.89. The van der Waals surface area contributed by atoms with Gasteiger partial charge in [0, 0.05) is 49.5 Å². The molecule has 1 aliphatic heterocycles. The number of halogens is 1. The van der Waals surface area contributed by atoms with E-state index in [9.17, 15) is 17.6 Å². The number of hydrogen-bond donors (Lipinski definition) is 0. The number of furan rings is 1. The summed E-state index contributed by atoms with van der Waals surface area (Å²) < 4.78 is 46.1. The van der Waals surface area contributed by atoms with Gasteiger partial charge in [0.1, 0.15) is 4.90 Å². The second kappa shape index (κ2) is 6.99. The molecule has 0 aliphatic carbocycles. The maximum atomic E-state index is 13.9. The molecule has 0 N–H and O–H groups in total. The Bertz CT molecular complexity index is 1140. The Morgan fingerprint density at radius 2 is 1.89 bits per heavy atom. The smallest absolute Gasteiger partial charge is 0.289 e. The van der Waals surface area contributed by atoms with Crippen LogP contribution in [0.3, 0.4) is 0 Å². The van der Waals surface area contributed by atoms with Gasteiger partial charge in [-0.3, -0.25) is 9.78 Å². The van der Waals surface area contributed by atoms with E-state index in [0.717, 1.165) is 0 Å². The van der Waals surface area contributed by atoms with Gasteiger partial charge in [-0.2, -0.15) is 4.31 Å². The van der Waals surface area contributed by atoms with Crippen LogP contribution >= 0.6 is 0 Å². The second-order valence-electron chi connectivity index (χ2n) is 6.56. The van der Waals surface area contributed by atoms with E-state index in [1.54, 1.807) is 25.1 Å². The van der Waals surface area contributed by atoms with Gasteiger partial charge in [-0.05, 0) is 25.1 Å². The molecule has 0 bridgehead atoms. The molecule has 3 aromatic rings. The minimum Gasteiger partial charge on any atom is -0.448 e. The Hall–Kier alpha value is -2.78. The van der Waals surface area contributed by atoms with Crippen LogP contribution in [0.5, 0.6) is 0 Å². The number of nitrogens with zero attached hydrogens (tertiary/aromatic N) is 3. The molecule has 2 aromatic heterocycles. The zero-order valence-electron chi connectivity index (χ0n) is 15.1. The van der Waals surface area contributed by atoms with Crippen molar-refractivity contribution in [2.75, 3.05) is 26.2 Å². The second-order valence-corrected chi connectivity index (χ2v) is 8.50. The third-order valence-corrected chi connectivity index (χ3v) is 6.79. The van der Waals surface area contributed by atoms with Crippen molar-refractivity contribution in [2.24, 2.45) is 0 Å². The molecule has 0 saturated carbocycles. The highest BCUT2D eigenvalue weighted by atomic mass is 32.2. The highest BCUT2D eigenvalue weighted by Crippen LogP contribution is 2.28. The molecule has 3 heterocycles. The van der Waals surface area contributed by atoms with Crippen LogP contribution in [0, 0.1) is 12.7 Å². The van der Waals surface area contributed by atoms with E-state index in [0.29, 0.717) is 10.9 Å². The van der Waals surface area contributed by atoms with Crippen LogP contribution in [0.4, 0.5) is 4.39 Å². The summed E-state index contributed by atoms with van der Waals surface area (Å²) in [5.74, 6) is -0.803. The van der Waals surface area contributed by atoms with Crippen molar-refractivity contribution in [1.29, 1.82) is 0 Å². The summed E-state index contributed by atoms with van der Waals surface area (Å²) in [6.07, 6.45) is 2.81. The lowest BCUT2D eigenvalue weighted by Gasteiger charge is -2.33. The normalized spacial score (nSPS) is 15.9. The molecule has 1 aromatic carbocycles. The standard InChI is InChI=1S/C19H18FN3O4S/c1-13-15-5-2-6-16(20)18(15)27-17(13)19(24)22-8-10-23(11-9-22)28(25,26)14-4-3-7-21-12-14/h2-7,12H,8-11H2,1H3. The molecule has 0 spiro atoms. The van der Waals surface area contributed by atoms with Crippen molar-refractivity contribution in [3.63, 3.8) is 0 Å². The van der Waals surface area contributed by atoms with Crippen LogP contribution in [0.2, 0.25) is 0 Å². The minimum atomic E-state index is -3.65. The van der Waals surface area contributed by atoms with Crippen LogP contribution in [-0.2, 0) is 10.0 Å². The number of piperazine rings is 1. The largest absolute Gasteiger partial charge is 0.448 e. The van der Waals surface area contributed by atoms with Gasteiger partial charge in [0.05, 0.1) is 0 Å². The quantitative estimate of drug-likeness (QED) is 0.671. The van der Waals surface area contributed by atoms with Crippen LogP contribution < -0.4 is 0 Å². The van der Waals surface area contributed by atoms with Crippen molar-refractivity contribution in [3.05, 3.63) is 59.9 Å².